The molecule has 1 heterocycles. The number of urea groups is 1. The van der Waals surface area contributed by atoms with Crippen LogP contribution in [-0.2, 0) is 4.79 Å². The molecule has 1 aliphatic heterocycles. The summed E-state index contributed by atoms with van der Waals surface area (Å²) in [6.07, 6.45) is 8.14. The number of hydrogen-bond acceptors (Lipinski definition) is 3. The van der Waals surface area contributed by atoms with Crippen LogP contribution in [0.25, 0.3) is 0 Å². The van der Waals surface area contributed by atoms with Crippen LogP contribution in [0.5, 0.6) is 0 Å². The number of hydrogen-bond donors (Lipinski definition) is 3. The zero-order valence-electron chi connectivity index (χ0n) is 16.3. The van der Waals surface area contributed by atoms with Gasteiger partial charge in [-0.2, -0.15) is 0 Å². The Kier molecular flexibility index (Phi) is 6.96. The van der Waals surface area contributed by atoms with Crippen molar-refractivity contribution in [2.75, 3.05) is 29.9 Å². The average Bonchev–Trinajstić information content (AvgIpc) is 2.68. The zero-order valence-corrected chi connectivity index (χ0v) is 16.3. The summed E-state index contributed by atoms with van der Waals surface area (Å²) < 4.78 is 0. The molecule has 27 heavy (non-hydrogen) atoms. The molecule has 3 amide bonds. The predicted molar refractivity (Wildman–Crippen MR) is 109 cm³/mol. The molecule has 2 aliphatic rings. The molecule has 3 rings (SSSR count). The number of carbonyl (C=O) groups excluding carboxylic acids is 2. The number of rotatable bonds is 5. The van der Waals surface area contributed by atoms with Crippen molar-refractivity contribution in [3.8, 4) is 0 Å². The van der Waals surface area contributed by atoms with Gasteiger partial charge in [0.25, 0.3) is 0 Å². The van der Waals surface area contributed by atoms with Gasteiger partial charge < -0.3 is 20.9 Å². The Morgan fingerprint density at radius 3 is 2.33 bits per heavy atom. The third-order valence-corrected chi connectivity index (χ3v) is 5.65. The summed E-state index contributed by atoms with van der Waals surface area (Å²) in [7, 11) is 0. The third-order valence-electron chi connectivity index (χ3n) is 5.65. The highest BCUT2D eigenvalue weighted by Gasteiger charge is 2.17. The van der Waals surface area contributed by atoms with Crippen LogP contribution in [0.3, 0.4) is 0 Å². The van der Waals surface area contributed by atoms with Gasteiger partial charge in [0.15, 0.2) is 0 Å². The Balaban J connectivity index is 1.39. The highest BCUT2D eigenvalue weighted by Crippen LogP contribution is 2.24. The van der Waals surface area contributed by atoms with Gasteiger partial charge in [-0.1, -0.05) is 26.2 Å². The van der Waals surface area contributed by atoms with Crippen LogP contribution in [0.15, 0.2) is 24.3 Å². The standard InChI is InChI=1S/C21H32N4O2/c1-16-11-13-25(14-12-16)19-9-7-18(8-10-19)24-21(27)22-15-20(26)23-17-5-3-2-4-6-17/h7-10,16-17H,2-6,11-15H2,1H3,(H,23,26)(H2,22,24,27). The fourth-order valence-electron chi connectivity index (χ4n) is 3.88. The molecule has 6 nitrogen and oxygen atoms in total. The van der Waals surface area contributed by atoms with Gasteiger partial charge in [0.1, 0.15) is 0 Å². The molecule has 0 spiro atoms. The van der Waals surface area contributed by atoms with Crippen LogP contribution >= 0.6 is 0 Å². The first-order valence-electron chi connectivity index (χ1n) is 10.3. The second-order valence-electron chi connectivity index (χ2n) is 7.93. The van der Waals surface area contributed by atoms with E-state index in [1.54, 1.807) is 0 Å². The van der Waals surface area contributed by atoms with Crippen molar-refractivity contribution in [2.24, 2.45) is 5.92 Å². The number of piperidine rings is 1. The number of carbonyl (C=O) groups is 2. The number of amides is 3. The average molecular weight is 373 g/mol. The molecule has 3 N–H and O–H groups in total. The number of nitrogens with one attached hydrogen (secondary N) is 3. The lowest BCUT2D eigenvalue weighted by Crippen LogP contribution is -2.43. The maximum Gasteiger partial charge on any atom is 0.319 e. The smallest absolute Gasteiger partial charge is 0.319 e. The van der Waals surface area contributed by atoms with Crippen molar-refractivity contribution in [2.45, 2.75) is 57.9 Å². The highest BCUT2D eigenvalue weighted by atomic mass is 16.2. The predicted octanol–water partition coefficient (Wildman–Crippen LogP) is 3.49. The lowest BCUT2D eigenvalue weighted by atomic mass is 9.95. The molecule has 2 fully saturated rings. The second kappa shape index (κ2) is 9.62. The van der Waals surface area contributed by atoms with E-state index in [1.165, 1.54) is 37.8 Å². The van der Waals surface area contributed by atoms with Gasteiger partial charge in [0.05, 0.1) is 6.54 Å². The van der Waals surface area contributed by atoms with E-state index in [-0.39, 0.29) is 24.5 Å². The van der Waals surface area contributed by atoms with Crippen molar-refractivity contribution < 1.29 is 9.59 Å². The summed E-state index contributed by atoms with van der Waals surface area (Å²) in [4.78, 5) is 26.4. The second-order valence-corrected chi connectivity index (χ2v) is 7.93. The van der Waals surface area contributed by atoms with Crippen molar-refractivity contribution in [1.82, 2.24) is 10.6 Å². The van der Waals surface area contributed by atoms with E-state index in [0.717, 1.165) is 37.5 Å². The first-order valence-corrected chi connectivity index (χ1v) is 10.3. The van der Waals surface area contributed by atoms with E-state index < -0.39 is 0 Å². The lowest BCUT2D eigenvalue weighted by Gasteiger charge is -2.32. The van der Waals surface area contributed by atoms with Crippen LogP contribution in [-0.4, -0.2) is 37.6 Å². The summed E-state index contributed by atoms with van der Waals surface area (Å²) in [5, 5.41) is 8.42. The summed E-state index contributed by atoms with van der Waals surface area (Å²) in [6, 6.07) is 7.82. The summed E-state index contributed by atoms with van der Waals surface area (Å²) in [5.41, 5.74) is 1.93. The Hall–Kier alpha value is -2.24. The largest absolute Gasteiger partial charge is 0.372 e. The van der Waals surface area contributed by atoms with E-state index in [1.807, 2.05) is 24.3 Å². The molecule has 0 aromatic heterocycles. The molecule has 0 atom stereocenters. The van der Waals surface area contributed by atoms with Gasteiger partial charge in [-0.15, -0.1) is 0 Å². The topological polar surface area (TPSA) is 73.5 Å². The van der Waals surface area contributed by atoms with Crippen LogP contribution < -0.4 is 20.9 Å². The molecular formula is C21H32N4O2. The van der Waals surface area contributed by atoms with Gasteiger partial charge in [0, 0.05) is 30.5 Å². The number of benzene rings is 1. The molecule has 1 aromatic carbocycles. The molecule has 0 bridgehead atoms. The fraction of sp³-hybridized carbons (Fsp3) is 0.619. The van der Waals surface area contributed by atoms with Crippen LogP contribution in [0.1, 0.15) is 51.9 Å². The van der Waals surface area contributed by atoms with Crippen molar-refractivity contribution in [3.05, 3.63) is 24.3 Å². The van der Waals surface area contributed by atoms with Gasteiger partial charge in [-0.3, -0.25) is 4.79 Å². The zero-order chi connectivity index (χ0) is 19.1. The first kappa shape index (κ1) is 19.5. The molecule has 1 aromatic rings. The molecule has 0 radical (unpaired) electrons. The fourth-order valence-corrected chi connectivity index (χ4v) is 3.88. The van der Waals surface area contributed by atoms with E-state index >= 15 is 0 Å². The van der Waals surface area contributed by atoms with Gasteiger partial charge in [-0.25, -0.2) is 4.79 Å². The first-order chi connectivity index (χ1) is 13.1. The summed E-state index contributed by atoms with van der Waals surface area (Å²) in [6.45, 7) is 4.49. The van der Waals surface area contributed by atoms with Crippen molar-refractivity contribution in [1.29, 1.82) is 0 Å². The van der Waals surface area contributed by atoms with E-state index in [2.05, 4.69) is 27.8 Å². The minimum Gasteiger partial charge on any atom is -0.372 e. The van der Waals surface area contributed by atoms with Crippen LogP contribution in [0, 0.1) is 5.92 Å². The Morgan fingerprint density at radius 2 is 1.67 bits per heavy atom. The number of anilines is 2. The molecule has 1 saturated carbocycles. The Labute approximate surface area is 162 Å². The molecule has 1 saturated heterocycles. The molecule has 6 heteroatoms. The minimum atomic E-state index is -0.353. The maximum absolute atomic E-state index is 12.0. The Bertz CT molecular complexity index is 618. The third kappa shape index (κ3) is 6.15. The monoisotopic (exact) mass is 372 g/mol. The van der Waals surface area contributed by atoms with E-state index in [4.69, 9.17) is 0 Å². The summed E-state index contributed by atoms with van der Waals surface area (Å²) in [5.74, 6) is 0.688. The Morgan fingerprint density at radius 1 is 1.00 bits per heavy atom. The SMILES string of the molecule is CC1CCN(c2ccc(NC(=O)NCC(=O)NC3CCCCC3)cc2)CC1. The van der Waals surface area contributed by atoms with Gasteiger partial charge in [-0.05, 0) is 55.9 Å². The quantitative estimate of drug-likeness (QED) is 0.741. The van der Waals surface area contributed by atoms with Crippen LogP contribution in [0.2, 0.25) is 0 Å². The minimum absolute atomic E-state index is 0.00633. The summed E-state index contributed by atoms with van der Waals surface area (Å²) >= 11 is 0. The van der Waals surface area contributed by atoms with Gasteiger partial charge in [0.2, 0.25) is 5.91 Å². The lowest BCUT2D eigenvalue weighted by molar-refractivity contribution is -0.120. The van der Waals surface area contributed by atoms with Crippen molar-refractivity contribution in [3.63, 3.8) is 0 Å². The maximum atomic E-state index is 12.0. The molecule has 0 unspecified atom stereocenters. The van der Waals surface area contributed by atoms with Crippen LogP contribution in [0.4, 0.5) is 16.2 Å². The normalized spacial score (nSPS) is 18.8. The highest BCUT2D eigenvalue weighted by molar-refractivity contribution is 5.92. The molecular weight excluding hydrogens is 340 g/mol. The van der Waals surface area contributed by atoms with Gasteiger partial charge >= 0.3 is 6.03 Å². The molecule has 148 valence electrons. The number of nitrogens with zero attached hydrogens (tertiary/aromatic N) is 1. The van der Waals surface area contributed by atoms with Crippen molar-refractivity contribution >= 4 is 23.3 Å². The van der Waals surface area contributed by atoms with E-state index in [0.29, 0.717) is 0 Å². The van der Waals surface area contributed by atoms with E-state index in [9.17, 15) is 9.59 Å². The molecule has 1 aliphatic carbocycles.